The van der Waals surface area contributed by atoms with Crippen molar-refractivity contribution in [3.63, 3.8) is 0 Å². The molecule has 4 heteroatoms. The Morgan fingerprint density at radius 2 is 1.96 bits per heavy atom. The number of rotatable bonds is 4. The van der Waals surface area contributed by atoms with E-state index in [1.807, 2.05) is 25.7 Å². The molecule has 1 heterocycles. The monoisotopic (exact) mass is 324 g/mol. The van der Waals surface area contributed by atoms with Gasteiger partial charge in [0.1, 0.15) is 5.60 Å². The number of nitrogens with one attached hydrogen (secondary N) is 1. The molecule has 2 rings (SSSR count). The van der Waals surface area contributed by atoms with Gasteiger partial charge in [0, 0.05) is 18.6 Å². The number of amides is 1. The molecule has 1 saturated heterocycles. The Labute approximate surface area is 142 Å². The van der Waals surface area contributed by atoms with Crippen LogP contribution in [0.15, 0.2) is 0 Å². The largest absolute Gasteiger partial charge is 0.444 e. The van der Waals surface area contributed by atoms with E-state index in [1.165, 1.54) is 19.3 Å². The van der Waals surface area contributed by atoms with Crippen molar-refractivity contribution in [2.75, 3.05) is 13.1 Å². The number of hydrogen-bond donors (Lipinski definition) is 1. The van der Waals surface area contributed by atoms with Crippen molar-refractivity contribution < 1.29 is 9.53 Å². The minimum atomic E-state index is -0.407. The number of nitrogens with zero attached hydrogens (tertiary/aromatic N) is 1. The summed E-state index contributed by atoms with van der Waals surface area (Å²) in [7, 11) is 0. The van der Waals surface area contributed by atoms with Gasteiger partial charge in [-0.25, -0.2) is 4.79 Å². The predicted octanol–water partition coefficient (Wildman–Crippen LogP) is 4.19. The third-order valence-electron chi connectivity index (χ3n) is 5.35. The average molecular weight is 325 g/mol. The summed E-state index contributed by atoms with van der Waals surface area (Å²) < 4.78 is 5.55. The zero-order valence-corrected chi connectivity index (χ0v) is 15.7. The summed E-state index contributed by atoms with van der Waals surface area (Å²) in [6, 6.07) is 0.990. The summed E-state index contributed by atoms with van der Waals surface area (Å²) in [5.41, 5.74) is -0.407. The zero-order valence-electron chi connectivity index (χ0n) is 15.7. The normalized spacial score (nSPS) is 32.1. The molecule has 0 bridgehead atoms. The van der Waals surface area contributed by atoms with Gasteiger partial charge in [0.2, 0.25) is 0 Å². The third kappa shape index (κ3) is 5.66. The van der Waals surface area contributed by atoms with E-state index in [0.29, 0.717) is 12.1 Å². The van der Waals surface area contributed by atoms with Crippen LogP contribution in [0.1, 0.15) is 73.1 Å². The summed E-state index contributed by atoms with van der Waals surface area (Å²) in [6.45, 7) is 12.4. The molecule has 0 spiro atoms. The van der Waals surface area contributed by atoms with Gasteiger partial charge in [0.05, 0.1) is 0 Å². The molecule has 1 aliphatic carbocycles. The number of ether oxygens (including phenoxy) is 1. The van der Waals surface area contributed by atoms with Crippen molar-refractivity contribution in [1.82, 2.24) is 10.2 Å². The molecule has 23 heavy (non-hydrogen) atoms. The molecule has 2 aliphatic rings. The summed E-state index contributed by atoms with van der Waals surface area (Å²) in [5.74, 6) is 1.62. The first kappa shape index (κ1) is 18.6. The van der Waals surface area contributed by atoms with E-state index in [1.54, 1.807) is 0 Å². The Hall–Kier alpha value is -0.770. The average Bonchev–Trinajstić information content (AvgIpc) is 2.89. The van der Waals surface area contributed by atoms with Crippen LogP contribution < -0.4 is 5.32 Å². The Kier molecular flexibility index (Phi) is 6.35. The van der Waals surface area contributed by atoms with Crippen molar-refractivity contribution in [3.05, 3.63) is 0 Å². The first-order chi connectivity index (χ1) is 10.8. The van der Waals surface area contributed by atoms with E-state index >= 15 is 0 Å². The molecule has 1 amide bonds. The van der Waals surface area contributed by atoms with Crippen LogP contribution in [0.5, 0.6) is 0 Å². The van der Waals surface area contributed by atoms with E-state index in [-0.39, 0.29) is 6.09 Å². The van der Waals surface area contributed by atoms with Crippen LogP contribution in [0.4, 0.5) is 4.79 Å². The summed E-state index contributed by atoms with van der Waals surface area (Å²) in [4.78, 5) is 14.3. The van der Waals surface area contributed by atoms with Crippen molar-refractivity contribution >= 4 is 6.09 Å². The fraction of sp³-hybridized carbons (Fsp3) is 0.947. The quantitative estimate of drug-likeness (QED) is 0.843. The number of hydrogen-bond acceptors (Lipinski definition) is 3. The number of carbonyl (C=O) groups is 1. The molecule has 4 atom stereocenters. The van der Waals surface area contributed by atoms with E-state index in [0.717, 1.165) is 44.2 Å². The van der Waals surface area contributed by atoms with Gasteiger partial charge in [-0.1, -0.05) is 20.3 Å². The molecule has 134 valence electrons. The van der Waals surface area contributed by atoms with Crippen LogP contribution in [-0.4, -0.2) is 41.8 Å². The molecular formula is C19H36N2O2. The molecule has 4 unspecified atom stereocenters. The van der Waals surface area contributed by atoms with E-state index < -0.39 is 5.60 Å². The fourth-order valence-electron chi connectivity index (χ4n) is 3.95. The number of likely N-dealkylation sites (tertiary alicyclic amines) is 1. The smallest absolute Gasteiger partial charge is 0.410 e. The Bertz CT molecular complexity index is 391. The third-order valence-corrected chi connectivity index (χ3v) is 5.35. The van der Waals surface area contributed by atoms with Gasteiger partial charge in [0.15, 0.2) is 0 Å². The fourth-order valence-corrected chi connectivity index (χ4v) is 3.95. The van der Waals surface area contributed by atoms with Crippen LogP contribution in [-0.2, 0) is 4.74 Å². The van der Waals surface area contributed by atoms with Gasteiger partial charge in [0.25, 0.3) is 0 Å². The topological polar surface area (TPSA) is 41.6 Å². The molecular weight excluding hydrogens is 288 g/mol. The molecule has 0 aromatic rings. The first-order valence-electron chi connectivity index (χ1n) is 9.49. The van der Waals surface area contributed by atoms with Crippen LogP contribution in [0.2, 0.25) is 0 Å². The molecule has 1 saturated carbocycles. The summed E-state index contributed by atoms with van der Waals surface area (Å²) in [6.07, 6.45) is 7.11. The Balaban J connectivity index is 1.77. The van der Waals surface area contributed by atoms with Gasteiger partial charge in [-0.2, -0.15) is 0 Å². The lowest BCUT2D eigenvalue weighted by Gasteiger charge is -2.34. The maximum atomic E-state index is 12.3. The predicted molar refractivity (Wildman–Crippen MR) is 94.5 cm³/mol. The van der Waals surface area contributed by atoms with Crippen molar-refractivity contribution in [2.45, 2.75) is 90.8 Å². The maximum absolute atomic E-state index is 12.3. The second kappa shape index (κ2) is 7.87. The molecule has 0 aromatic carbocycles. The molecule has 2 fully saturated rings. The second-order valence-corrected chi connectivity index (χ2v) is 8.71. The second-order valence-electron chi connectivity index (χ2n) is 8.71. The SMILES string of the molecule is CC1CCC(C)C(NCCC2CCCN2C(=O)OC(C)(C)C)C1. The lowest BCUT2D eigenvalue weighted by atomic mass is 9.80. The minimum absolute atomic E-state index is 0.139. The molecule has 4 nitrogen and oxygen atoms in total. The van der Waals surface area contributed by atoms with Crippen LogP contribution >= 0.6 is 0 Å². The standard InChI is InChI=1S/C19H36N2O2/c1-14-8-9-15(2)17(13-14)20-11-10-16-7-6-12-21(16)18(22)23-19(3,4)5/h14-17,20H,6-13H2,1-5H3. The molecule has 0 aromatic heterocycles. The van der Waals surface area contributed by atoms with Gasteiger partial charge >= 0.3 is 6.09 Å². The summed E-state index contributed by atoms with van der Waals surface area (Å²) >= 11 is 0. The lowest BCUT2D eigenvalue weighted by Crippen LogP contribution is -2.43. The van der Waals surface area contributed by atoms with Crippen molar-refractivity contribution in [3.8, 4) is 0 Å². The van der Waals surface area contributed by atoms with Gasteiger partial charge < -0.3 is 15.0 Å². The zero-order chi connectivity index (χ0) is 17.0. The lowest BCUT2D eigenvalue weighted by molar-refractivity contribution is 0.0219. The maximum Gasteiger partial charge on any atom is 0.410 e. The van der Waals surface area contributed by atoms with Crippen molar-refractivity contribution in [2.24, 2.45) is 11.8 Å². The highest BCUT2D eigenvalue weighted by Gasteiger charge is 2.32. The number of carbonyl (C=O) groups excluding carboxylic acids is 1. The molecule has 1 N–H and O–H groups in total. The summed E-state index contributed by atoms with van der Waals surface area (Å²) in [5, 5.41) is 3.76. The van der Waals surface area contributed by atoms with Crippen molar-refractivity contribution in [1.29, 1.82) is 0 Å². The highest BCUT2D eigenvalue weighted by molar-refractivity contribution is 5.68. The van der Waals surface area contributed by atoms with E-state index in [9.17, 15) is 4.79 Å². The van der Waals surface area contributed by atoms with E-state index in [2.05, 4.69) is 19.2 Å². The van der Waals surface area contributed by atoms with Crippen LogP contribution in [0, 0.1) is 11.8 Å². The highest BCUT2D eigenvalue weighted by atomic mass is 16.6. The Morgan fingerprint density at radius 3 is 2.65 bits per heavy atom. The van der Waals surface area contributed by atoms with Gasteiger partial charge in [-0.05, 0) is 71.3 Å². The molecule has 0 radical (unpaired) electrons. The van der Waals surface area contributed by atoms with E-state index in [4.69, 9.17) is 4.74 Å². The Morgan fingerprint density at radius 1 is 1.22 bits per heavy atom. The van der Waals surface area contributed by atoms with Crippen LogP contribution in [0.25, 0.3) is 0 Å². The first-order valence-corrected chi connectivity index (χ1v) is 9.49. The minimum Gasteiger partial charge on any atom is -0.444 e. The van der Waals surface area contributed by atoms with Crippen LogP contribution in [0.3, 0.4) is 0 Å². The molecule has 1 aliphatic heterocycles. The highest BCUT2D eigenvalue weighted by Crippen LogP contribution is 2.29. The van der Waals surface area contributed by atoms with Gasteiger partial charge in [-0.3, -0.25) is 0 Å². The van der Waals surface area contributed by atoms with Gasteiger partial charge in [-0.15, -0.1) is 0 Å².